The molecule has 1 aromatic carbocycles. The Bertz CT molecular complexity index is 975. The molecule has 1 atom stereocenters. The first-order valence-corrected chi connectivity index (χ1v) is 10.2. The standard InChI is InChI=1S/C19H23N5O3S/c1-2-12(11-25)20-16-15(18-21-13-5-3-4-6-14(13)28-18)17(26)23-19(22-16)24-7-9-27-10-8-24/h3-6,12,25H,2,7-11H2,1H3,(H2,20,22,23,26). The van der Waals surface area contributed by atoms with Gasteiger partial charge in [0.15, 0.2) is 0 Å². The van der Waals surface area contributed by atoms with Gasteiger partial charge in [-0.05, 0) is 18.6 Å². The summed E-state index contributed by atoms with van der Waals surface area (Å²) in [7, 11) is 0. The first-order valence-electron chi connectivity index (χ1n) is 9.40. The molecule has 9 heteroatoms. The Labute approximate surface area is 166 Å². The molecule has 3 heterocycles. The third kappa shape index (κ3) is 3.73. The second-order valence-electron chi connectivity index (χ2n) is 6.63. The molecule has 0 spiro atoms. The normalized spacial score (nSPS) is 15.7. The maximum Gasteiger partial charge on any atom is 0.264 e. The zero-order chi connectivity index (χ0) is 19.5. The highest BCUT2D eigenvalue weighted by Crippen LogP contribution is 2.32. The quantitative estimate of drug-likeness (QED) is 0.581. The molecule has 0 amide bonds. The minimum Gasteiger partial charge on any atom is -0.394 e. The van der Waals surface area contributed by atoms with Crippen LogP contribution in [0.1, 0.15) is 13.3 Å². The first-order chi connectivity index (χ1) is 13.7. The number of para-hydroxylation sites is 1. The van der Waals surface area contributed by atoms with E-state index in [4.69, 9.17) is 9.72 Å². The Morgan fingerprint density at radius 2 is 2.11 bits per heavy atom. The first kappa shape index (κ1) is 18.9. The number of H-pyrrole nitrogens is 1. The van der Waals surface area contributed by atoms with Crippen LogP contribution in [0.25, 0.3) is 20.8 Å². The number of rotatable bonds is 6. The van der Waals surface area contributed by atoms with E-state index in [1.165, 1.54) is 11.3 Å². The lowest BCUT2D eigenvalue weighted by molar-refractivity contribution is 0.122. The van der Waals surface area contributed by atoms with Crippen LogP contribution in [0.2, 0.25) is 0 Å². The van der Waals surface area contributed by atoms with Crippen molar-refractivity contribution in [3.8, 4) is 10.6 Å². The van der Waals surface area contributed by atoms with E-state index in [1.54, 1.807) is 0 Å². The van der Waals surface area contributed by atoms with Gasteiger partial charge >= 0.3 is 0 Å². The van der Waals surface area contributed by atoms with Crippen molar-refractivity contribution in [3.05, 3.63) is 34.6 Å². The summed E-state index contributed by atoms with van der Waals surface area (Å²) in [6.45, 7) is 4.46. The molecular weight excluding hydrogens is 378 g/mol. The predicted molar refractivity (Wildman–Crippen MR) is 111 cm³/mol. The summed E-state index contributed by atoms with van der Waals surface area (Å²) in [6.07, 6.45) is 0.706. The molecule has 3 aromatic rings. The maximum absolute atomic E-state index is 13.0. The molecule has 0 saturated carbocycles. The lowest BCUT2D eigenvalue weighted by Gasteiger charge is -2.28. The predicted octanol–water partition coefficient (Wildman–Crippen LogP) is 2.07. The van der Waals surface area contributed by atoms with Gasteiger partial charge in [-0.2, -0.15) is 4.98 Å². The summed E-state index contributed by atoms with van der Waals surface area (Å²) >= 11 is 1.46. The van der Waals surface area contributed by atoms with Crippen molar-refractivity contribution < 1.29 is 9.84 Å². The van der Waals surface area contributed by atoms with E-state index in [-0.39, 0.29) is 18.2 Å². The van der Waals surface area contributed by atoms with E-state index in [2.05, 4.69) is 15.3 Å². The number of aromatic amines is 1. The number of aliphatic hydroxyl groups excluding tert-OH is 1. The van der Waals surface area contributed by atoms with Crippen LogP contribution in [0.5, 0.6) is 0 Å². The van der Waals surface area contributed by atoms with Crippen molar-refractivity contribution in [1.82, 2.24) is 15.0 Å². The molecule has 3 N–H and O–H groups in total. The molecule has 2 aromatic heterocycles. The number of morpholine rings is 1. The van der Waals surface area contributed by atoms with Gasteiger partial charge in [0.2, 0.25) is 5.95 Å². The van der Waals surface area contributed by atoms with Crippen molar-refractivity contribution in [2.45, 2.75) is 19.4 Å². The van der Waals surface area contributed by atoms with Crippen molar-refractivity contribution in [3.63, 3.8) is 0 Å². The highest BCUT2D eigenvalue weighted by atomic mass is 32.1. The fourth-order valence-electron chi connectivity index (χ4n) is 3.14. The number of aliphatic hydroxyl groups is 1. The van der Waals surface area contributed by atoms with Crippen LogP contribution in [0.15, 0.2) is 29.1 Å². The molecule has 1 aliphatic heterocycles. The summed E-state index contributed by atoms with van der Waals surface area (Å²) < 4.78 is 6.40. The fraction of sp³-hybridized carbons (Fsp3) is 0.421. The van der Waals surface area contributed by atoms with Gasteiger partial charge in [-0.15, -0.1) is 11.3 Å². The smallest absolute Gasteiger partial charge is 0.264 e. The van der Waals surface area contributed by atoms with Gasteiger partial charge in [0, 0.05) is 13.1 Å². The fourth-order valence-corrected chi connectivity index (χ4v) is 4.15. The Morgan fingerprint density at radius 1 is 1.32 bits per heavy atom. The van der Waals surface area contributed by atoms with E-state index in [9.17, 15) is 9.90 Å². The Hall–Kier alpha value is -2.49. The van der Waals surface area contributed by atoms with Crippen molar-refractivity contribution in [1.29, 1.82) is 0 Å². The maximum atomic E-state index is 13.0. The molecule has 8 nitrogen and oxygen atoms in total. The van der Waals surface area contributed by atoms with Crippen LogP contribution < -0.4 is 15.8 Å². The van der Waals surface area contributed by atoms with E-state index in [0.717, 1.165) is 10.2 Å². The molecule has 1 saturated heterocycles. The minimum absolute atomic E-state index is 0.0445. The summed E-state index contributed by atoms with van der Waals surface area (Å²) in [4.78, 5) is 27.3. The Morgan fingerprint density at radius 3 is 2.82 bits per heavy atom. The molecule has 1 aliphatic rings. The molecule has 148 valence electrons. The van der Waals surface area contributed by atoms with Gasteiger partial charge < -0.3 is 20.1 Å². The van der Waals surface area contributed by atoms with Gasteiger partial charge in [0.05, 0.1) is 36.1 Å². The average Bonchev–Trinajstić information content (AvgIpc) is 3.15. The number of hydrogen-bond donors (Lipinski definition) is 3. The van der Waals surface area contributed by atoms with E-state index in [0.29, 0.717) is 55.1 Å². The molecule has 0 radical (unpaired) electrons. The summed E-state index contributed by atoms with van der Waals surface area (Å²) in [5.74, 6) is 0.957. The van der Waals surface area contributed by atoms with Crippen LogP contribution in [0.3, 0.4) is 0 Å². The second kappa shape index (κ2) is 8.26. The number of nitrogens with zero attached hydrogens (tertiary/aromatic N) is 3. The molecule has 0 bridgehead atoms. The van der Waals surface area contributed by atoms with Crippen LogP contribution in [-0.4, -0.2) is 59.0 Å². The number of anilines is 2. The van der Waals surface area contributed by atoms with Gasteiger partial charge in [0.25, 0.3) is 5.56 Å². The highest BCUT2D eigenvalue weighted by Gasteiger charge is 2.22. The summed E-state index contributed by atoms with van der Waals surface area (Å²) in [5.41, 5.74) is 1.01. The molecular formula is C19H23N5O3S. The Kier molecular flexibility index (Phi) is 5.56. The molecule has 1 fully saturated rings. The van der Waals surface area contributed by atoms with Gasteiger partial charge in [-0.1, -0.05) is 19.1 Å². The summed E-state index contributed by atoms with van der Waals surface area (Å²) in [6, 6.07) is 7.59. The van der Waals surface area contributed by atoms with Gasteiger partial charge in [-0.3, -0.25) is 9.78 Å². The van der Waals surface area contributed by atoms with Crippen molar-refractivity contribution in [2.75, 3.05) is 43.1 Å². The number of aromatic nitrogens is 3. The van der Waals surface area contributed by atoms with Crippen LogP contribution in [-0.2, 0) is 4.74 Å². The molecule has 1 unspecified atom stereocenters. The zero-order valence-electron chi connectivity index (χ0n) is 15.6. The number of fused-ring (bicyclic) bond motifs is 1. The minimum atomic E-state index is -0.245. The van der Waals surface area contributed by atoms with Crippen molar-refractivity contribution >= 4 is 33.3 Å². The van der Waals surface area contributed by atoms with Crippen LogP contribution >= 0.6 is 11.3 Å². The average molecular weight is 401 g/mol. The number of nitrogens with one attached hydrogen (secondary N) is 2. The molecule has 4 rings (SSSR count). The van der Waals surface area contributed by atoms with E-state index in [1.807, 2.05) is 36.1 Å². The van der Waals surface area contributed by atoms with Crippen molar-refractivity contribution in [2.24, 2.45) is 0 Å². The molecule has 28 heavy (non-hydrogen) atoms. The largest absolute Gasteiger partial charge is 0.394 e. The lowest BCUT2D eigenvalue weighted by Crippen LogP contribution is -2.38. The van der Waals surface area contributed by atoms with Crippen LogP contribution in [0.4, 0.5) is 11.8 Å². The zero-order valence-corrected chi connectivity index (χ0v) is 16.5. The lowest BCUT2D eigenvalue weighted by atomic mass is 10.2. The number of hydrogen-bond acceptors (Lipinski definition) is 8. The van der Waals surface area contributed by atoms with Gasteiger partial charge in [0.1, 0.15) is 16.4 Å². The number of benzene rings is 1. The number of ether oxygens (including phenoxy) is 1. The van der Waals surface area contributed by atoms with E-state index < -0.39 is 0 Å². The molecule has 0 aliphatic carbocycles. The highest BCUT2D eigenvalue weighted by molar-refractivity contribution is 7.21. The van der Waals surface area contributed by atoms with Crippen LogP contribution in [0, 0.1) is 0 Å². The third-order valence-electron chi connectivity index (χ3n) is 4.78. The SMILES string of the molecule is CCC(CO)Nc1nc(N2CCOCC2)[nH]c(=O)c1-c1nc2ccccc2s1. The number of thiazole rings is 1. The topological polar surface area (TPSA) is 103 Å². The summed E-state index contributed by atoms with van der Waals surface area (Å²) in [5, 5.41) is 13.5. The van der Waals surface area contributed by atoms with E-state index >= 15 is 0 Å². The van der Waals surface area contributed by atoms with Gasteiger partial charge in [-0.25, -0.2) is 4.98 Å². The third-order valence-corrected chi connectivity index (χ3v) is 5.83. The second-order valence-corrected chi connectivity index (χ2v) is 7.66. The monoisotopic (exact) mass is 401 g/mol. The Balaban J connectivity index is 1.82.